The molecule has 1 aromatic carbocycles. The number of methoxy groups -OCH3 is 1. The summed E-state index contributed by atoms with van der Waals surface area (Å²) >= 11 is 0. The molecule has 1 aliphatic rings. The molecular weight excluding hydrogens is 287 g/mol. The fourth-order valence-electron chi connectivity index (χ4n) is 2.82. The lowest BCUT2D eigenvalue weighted by Gasteiger charge is -2.35. The number of hydrogen-bond donors (Lipinski definition) is 2. The zero-order valence-corrected chi connectivity index (χ0v) is 13.0. The molecule has 1 atom stereocenters. The van der Waals surface area contributed by atoms with Crippen LogP contribution in [0.15, 0.2) is 18.2 Å². The molecule has 1 aliphatic heterocycles. The lowest BCUT2D eigenvalue weighted by molar-refractivity contribution is -0.136. The number of nitrogens with one attached hydrogen (secondary N) is 1. The second-order valence-corrected chi connectivity index (χ2v) is 5.65. The molecule has 1 amide bonds. The minimum atomic E-state index is -0.634. The van der Waals surface area contributed by atoms with E-state index >= 15 is 0 Å². The van der Waals surface area contributed by atoms with Gasteiger partial charge in [0.2, 0.25) is 5.91 Å². The van der Waals surface area contributed by atoms with Gasteiger partial charge < -0.3 is 20.5 Å². The summed E-state index contributed by atoms with van der Waals surface area (Å²) in [6.45, 7) is 3.02. The third-order valence-corrected chi connectivity index (χ3v) is 4.34. The van der Waals surface area contributed by atoms with Crippen molar-refractivity contribution in [2.75, 3.05) is 26.9 Å². The minimum absolute atomic E-state index is 0.156. The van der Waals surface area contributed by atoms with Gasteiger partial charge >= 0.3 is 0 Å². The Balaban J connectivity index is 2.17. The van der Waals surface area contributed by atoms with Crippen LogP contribution in [0, 0.1) is 11.2 Å². The number of amides is 1. The topological polar surface area (TPSA) is 73.6 Å². The van der Waals surface area contributed by atoms with Crippen LogP contribution in [0.2, 0.25) is 0 Å². The standard InChI is InChI=1S/C16H23FN2O3/c1-11(14-12(17)4-3-5-13(14)21-2)19-15(20)16(10-18)6-8-22-9-7-16/h3-5,11H,6-10,18H2,1-2H3,(H,19,20). The van der Waals surface area contributed by atoms with Crippen molar-refractivity contribution in [2.24, 2.45) is 11.1 Å². The van der Waals surface area contributed by atoms with Crippen LogP contribution in [0.4, 0.5) is 4.39 Å². The first-order valence-corrected chi connectivity index (χ1v) is 7.45. The fraction of sp³-hybridized carbons (Fsp3) is 0.562. The van der Waals surface area contributed by atoms with E-state index in [4.69, 9.17) is 15.2 Å². The molecule has 0 aliphatic carbocycles. The van der Waals surface area contributed by atoms with Gasteiger partial charge in [0.05, 0.1) is 24.1 Å². The number of hydrogen-bond acceptors (Lipinski definition) is 4. The van der Waals surface area contributed by atoms with Gasteiger partial charge in [0.25, 0.3) is 0 Å². The lowest BCUT2D eigenvalue weighted by Crippen LogP contribution is -2.49. The number of nitrogens with two attached hydrogens (primary N) is 1. The van der Waals surface area contributed by atoms with Crippen LogP contribution >= 0.6 is 0 Å². The number of halogens is 1. The van der Waals surface area contributed by atoms with Crippen molar-refractivity contribution >= 4 is 5.91 Å². The molecule has 22 heavy (non-hydrogen) atoms. The molecule has 1 fully saturated rings. The van der Waals surface area contributed by atoms with E-state index in [0.29, 0.717) is 37.4 Å². The van der Waals surface area contributed by atoms with Crippen LogP contribution in [-0.2, 0) is 9.53 Å². The lowest BCUT2D eigenvalue weighted by atomic mass is 9.79. The second-order valence-electron chi connectivity index (χ2n) is 5.65. The highest BCUT2D eigenvalue weighted by Gasteiger charge is 2.39. The Bertz CT molecular complexity index is 530. The van der Waals surface area contributed by atoms with E-state index in [1.165, 1.54) is 13.2 Å². The third kappa shape index (κ3) is 3.23. The van der Waals surface area contributed by atoms with Crippen molar-refractivity contribution in [3.63, 3.8) is 0 Å². The summed E-state index contributed by atoms with van der Waals surface area (Å²) < 4.78 is 24.6. The van der Waals surface area contributed by atoms with E-state index in [-0.39, 0.29) is 12.5 Å². The molecule has 0 aromatic heterocycles. The summed E-state index contributed by atoms with van der Waals surface area (Å²) in [5, 5.41) is 2.88. The molecule has 5 nitrogen and oxygen atoms in total. The predicted molar refractivity (Wildman–Crippen MR) is 81.1 cm³/mol. The maximum atomic E-state index is 14.1. The minimum Gasteiger partial charge on any atom is -0.496 e. The van der Waals surface area contributed by atoms with Crippen LogP contribution in [0.3, 0.4) is 0 Å². The van der Waals surface area contributed by atoms with Crippen LogP contribution in [0.1, 0.15) is 31.4 Å². The Morgan fingerprint density at radius 1 is 1.50 bits per heavy atom. The van der Waals surface area contributed by atoms with E-state index < -0.39 is 17.3 Å². The van der Waals surface area contributed by atoms with E-state index in [1.54, 1.807) is 19.1 Å². The molecule has 122 valence electrons. The van der Waals surface area contributed by atoms with E-state index in [1.807, 2.05) is 0 Å². The Kier molecular flexibility index (Phi) is 5.37. The Hall–Kier alpha value is -1.66. The van der Waals surface area contributed by atoms with Crippen LogP contribution in [0.5, 0.6) is 5.75 Å². The Morgan fingerprint density at radius 3 is 2.77 bits per heavy atom. The molecule has 0 spiro atoms. The van der Waals surface area contributed by atoms with Gasteiger partial charge in [0.15, 0.2) is 0 Å². The molecule has 1 aromatic rings. The molecule has 1 unspecified atom stereocenters. The summed E-state index contributed by atoms with van der Waals surface area (Å²) in [5.74, 6) is -0.140. The highest BCUT2D eigenvalue weighted by molar-refractivity contribution is 5.83. The van der Waals surface area contributed by atoms with E-state index in [0.717, 1.165) is 0 Å². The highest BCUT2D eigenvalue weighted by atomic mass is 19.1. The Labute approximate surface area is 130 Å². The molecule has 2 rings (SSSR count). The van der Waals surface area contributed by atoms with Crippen molar-refractivity contribution in [1.82, 2.24) is 5.32 Å². The quantitative estimate of drug-likeness (QED) is 0.869. The molecular formula is C16H23FN2O3. The normalized spacial score (nSPS) is 18.5. The Morgan fingerprint density at radius 2 is 2.18 bits per heavy atom. The number of benzene rings is 1. The first-order valence-electron chi connectivity index (χ1n) is 7.45. The van der Waals surface area contributed by atoms with E-state index in [9.17, 15) is 9.18 Å². The first-order chi connectivity index (χ1) is 10.5. The van der Waals surface area contributed by atoms with Gasteiger partial charge in [-0.3, -0.25) is 4.79 Å². The van der Waals surface area contributed by atoms with Gasteiger partial charge in [-0.05, 0) is 31.9 Å². The van der Waals surface area contributed by atoms with Gasteiger partial charge in [-0.2, -0.15) is 0 Å². The SMILES string of the molecule is COc1cccc(F)c1C(C)NC(=O)C1(CN)CCOCC1. The number of carbonyl (C=O) groups is 1. The summed E-state index contributed by atoms with van der Waals surface area (Å²) in [5.41, 5.74) is 5.54. The summed E-state index contributed by atoms with van der Waals surface area (Å²) in [6, 6.07) is 4.10. The fourth-order valence-corrected chi connectivity index (χ4v) is 2.82. The van der Waals surface area contributed by atoms with Crippen molar-refractivity contribution in [2.45, 2.75) is 25.8 Å². The third-order valence-electron chi connectivity index (χ3n) is 4.34. The van der Waals surface area contributed by atoms with Gasteiger partial charge in [0, 0.05) is 19.8 Å². The van der Waals surface area contributed by atoms with Crippen molar-refractivity contribution in [3.05, 3.63) is 29.6 Å². The summed E-state index contributed by atoms with van der Waals surface area (Å²) in [4.78, 5) is 12.6. The van der Waals surface area contributed by atoms with Gasteiger partial charge in [-0.25, -0.2) is 4.39 Å². The average Bonchev–Trinajstić information content (AvgIpc) is 2.54. The van der Waals surface area contributed by atoms with E-state index in [2.05, 4.69) is 5.32 Å². The first kappa shape index (κ1) is 16.7. The highest BCUT2D eigenvalue weighted by Crippen LogP contribution is 2.32. The number of carbonyl (C=O) groups excluding carboxylic acids is 1. The second kappa shape index (κ2) is 7.07. The summed E-state index contributed by atoms with van der Waals surface area (Å²) in [7, 11) is 1.48. The average molecular weight is 310 g/mol. The number of rotatable bonds is 5. The molecule has 1 heterocycles. The molecule has 6 heteroatoms. The maximum Gasteiger partial charge on any atom is 0.228 e. The van der Waals surface area contributed by atoms with Gasteiger partial charge in [-0.1, -0.05) is 6.07 Å². The largest absolute Gasteiger partial charge is 0.496 e. The smallest absolute Gasteiger partial charge is 0.228 e. The van der Waals surface area contributed by atoms with Crippen molar-refractivity contribution < 1.29 is 18.7 Å². The number of ether oxygens (including phenoxy) is 2. The molecule has 0 bridgehead atoms. The monoisotopic (exact) mass is 310 g/mol. The molecule has 3 N–H and O–H groups in total. The van der Waals surface area contributed by atoms with Crippen LogP contribution < -0.4 is 15.8 Å². The maximum absolute atomic E-state index is 14.1. The van der Waals surface area contributed by atoms with Crippen molar-refractivity contribution in [1.29, 1.82) is 0 Å². The summed E-state index contributed by atoms with van der Waals surface area (Å²) in [6.07, 6.45) is 1.16. The van der Waals surface area contributed by atoms with Gasteiger partial charge in [-0.15, -0.1) is 0 Å². The van der Waals surface area contributed by atoms with Crippen molar-refractivity contribution in [3.8, 4) is 5.75 Å². The van der Waals surface area contributed by atoms with Crippen LogP contribution in [-0.4, -0.2) is 32.8 Å². The zero-order valence-electron chi connectivity index (χ0n) is 13.0. The molecule has 0 radical (unpaired) electrons. The zero-order chi connectivity index (χ0) is 16.2. The predicted octanol–water partition coefficient (Wildman–Crippen LogP) is 1.77. The van der Waals surface area contributed by atoms with Crippen LogP contribution in [0.25, 0.3) is 0 Å². The molecule has 1 saturated heterocycles. The molecule has 0 saturated carbocycles. The van der Waals surface area contributed by atoms with Gasteiger partial charge in [0.1, 0.15) is 11.6 Å².